The smallest absolute Gasteiger partial charge is 0.242 e. The number of para-hydroxylation sites is 1. The van der Waals surface area contributed by atoms with Crippen molar-refractivity contribution in [3.8, 4) is 11.5 Å². The Balaban J connectivity index is 1.73. The fraction of sp³-hybridized carbons (Fsp3) is 0.286. The number of amides is 2. The van der Waals surface area contributed by atoms with E-state index in [2.05, 4.69) is 10.3 Å². The molecule has 1 N–H and O–H groups in total. The van der Waals surface area contributed by atoms with Crippen LogP contribution in [0.2, 0.25) is 5.02 Å². The van der Waals surface area contributed by atoms with E-state index in [9.17, 15) is 9.59 Å². The van der Waals surface area contributed by atoms with Crippen LogP contribution in [0.5, 0.6) is 11.5 Å². The predicted octanol–water partition coefficient (Wildman–Crippen LogP) is 4.26. The first kappa shape index (κ1) is 22.0. The number of rotatable bonds is 6. The zero-order valence-electron chi connectivity index (χ0n) is 17.1. The van der Waals surface area contributed by atoms with Crippen molar-refractivity contribution in [2.45, 2.75) is 18.6 Å². The number of ether oxygens (including phenoxy) is 2. The second-order valence-electron chi connectivity index (χ2n) is 6.62. The van der Waals surface area contributed by atoms with Gasteiger partial charge >= 0.3 is 0 Å². The Hall–Kier alpha value is -2.71. The Morgan fingerprint density at radius 3 is 2.60 bits per heavy atom. The maximum atomic E-state index is 12.6. The average Bonchev–Trinajstić information content (AvgIpc) is 2.98. The van der Waals surface area contributed by atoms with Crippen molar-refractivity contribution in [1.82, 2.24) is 4.90 Å². The lowest BCUT2D eigenvalue weighted by Crippen LogP contribution is -2.30. The number of nitrogens with zero attached hydrogens (tertiary/aromatic N) is 2. The molecule has 1 heterocycles. The number of carbonyl (C=O) groups excluding carboxylic acids is 2. The zero-order chi connectivity index (χ0) is 21.8. The van der Waals surface area contributed by atoms with Crippen LogP contribution in [0.25, 0.3) is 0 Å². The van der Waals surface area contributed by atoms with Crippen molar-refractivity contribution in [2.75, 3.05) is 26.6 Å². The fourth-order valence-corrected chi connectivity index (χ4v) is 4.30. The van der Waals surface area contributed by atoms with E-state index in [1.54, 1.807) is 19.2 Å². The van der Waals surface area contributed by atoms with Crippen molar-refractivity contribution in [3.05, 3.63) is 47.0 Å². The number of carbonyl (C=O) groups is 2. The van der Waals surface area contributed by atoms with Crippen LogP contribution in [0, 0.1) is 6.92 Å². The third kappa shape index (κ3) is 4.71. The van der Waals surface area contributed by atoms with E-state index >= 15 is 0 Å². The highest BCUT2D eigenvalue weighted by molar-refractivity contribution is 8.15. The van der Waals surface area contributed by atoms with E-state index < -0.39 is 5.25 Å². The molecule has 1 unspecified atom stereocenters. The molecule has 2 amide bonds. The van der Waals surface area contributed by atoms with Crippen molar-refractivity contribution in [3.63, 3.8) is 0 Å². The molecule has 0 radical (unpaired) electrons. The van der Waals surface area contributed by atoms with Crippen LogP contribution in [-0.4, -0.2) is 48.4 Å². The number of anilines is 1. The minimum Gasteiger partial charge on any atom is -0.495 e. The molecule has 2 aromatic rings. The second-order valence-corrected chi connectivity index (χ2v) is 8.20. The van der Waals surface area contributed by atoms with Crippen LogP contribution in [0.1, 0.15) is 12.0 Å². The lowest BCUT2D eigenvalue weighted by molar-refractivity contribution is -0.127. The summed E-state index contributed by atoms with van der Waals surface area (Å²) in [5, 5.41) is 3.15. The molecule has 3 rings (SSSR count). The molecule has 1 atom stereocenters. The molecule has 0 aliphatic carbocycles. The van der Waals surface area contributed by atoms with Gasteiger partial charge in [-0.15, -0.1) is 0 Å². The highest BCUT2D eigenvalue weighted by atomic mass is 35.5. The van der Waals surface area contributed by atoms with E-state index in [1.165, 1.54) is 30.9 Å². The predicted molar refractivity (Wildman–Crippen MR) is 120 cm³/mol. The second kappa shape index (κ2) is 9.40. The van der Waals surface area contributed by atoms with Gasteiger partial charge in [0, 0.05) is 25.6 Å². The van der Waals surface area contributed by atoms with Crippen LogP contribution in [0.15, 0.2) is 41.4 Å². The summed E-state index contributed by atoms with van der Waals surface area (Å²) in [5.41, 5.74) is 2.22. The first-order valence-electron chi connectivity index (χ1n) is 9.14. The number of halogens is 1. The van der Waals surface area contributed by atoms with Gasteiger partial charge in [-0.05, 0) is 18.6 Å². The summed E-state index contributed by atoms with van der Waals surface area (Å²) < 4.78 is 10.5. The number of aryl methyl sites for hydroxylation is 1. The van der Waals surface area contributed by atoms with Crippen molar-refractivity contribution in [1.29, 1.82) is 0 Å². The highest BCUT2D eigenvalue weighted by Gasteiger charge is 2.37. The Labute approximate surface area is 184 Å². The Kier molecular flexibility index (Phi) is 6.89. The number of thioether (sulfide) groups is 1. The summed E-state index contributed by atoms with van der Waals surface area (Å²) in [6.45, 7) is 1.96. The van der Waals surface area contributed by atoms with Gasteiger partial charge in [0.25, 0.3) is 0 Å². The van der Waals surface area contributed by atoms with E-state index in [-0.39, 0.29) is 18.2 Å². The highest BCUT2D eigenvalue weighted by Crippen LogP contribution is 2.36. The van der Waals surface area contributed by atoms with Crippen LogP contribution in [-0.2, 0) is 9.59 Å². The van der Waals surface area contributed by atoms with Gasteiger partial charge in [-0.1, -0.05) is 41.6 Å². The number of nitrogens with one attached hydrogen (secondary N) is 1. The molecule has 0 saturated carbocycles. The summed E-state index contributed by atoms with van der Waals surface area (Å²) in [5.74, 6) is 0.321. The molecule has 0 bridgehead atoms. The minimum atomic E-state index is -0.557. The average molecular weight is 448 g/mol. The van der Waals surface area contributed by atoms with Gasteiger partial charge in [0.15, 0.2) is 5.17 Å². The lowest BCUT2D eigenvalue weighted by Gasteiger charge is -2.14. The molecule has 7 nitrogen and oxygen atoms in total. The summed E-state index contributed by atoms with van der Waals surface area (Å²) in [6.07, 6.45) is -0.00523. The third-order valence-corrected chi connectivity index (χ3v) is 6.12. The third-order valence-electron chi connectivity index (χ3n) is 4.59. The number of benzene rings is 2. The summed E-state index contributed by atoms with van der Waals surface area (Å²) in [4.78, 5) is 31.3. The summed E-state index contributed by atoms with van der Waals surface area (Å²) >= 11 is 7.38. The van der Waals surface area contributed by atoms with Gasteiger partial charge in [0.2, 0.25) is 11.8 Å². The quantitative estimate of drug-likeness (QED) is 0.715. The Morgan fingerprint density at radius 1 is 1.23 bits per heavy atom. The number of hydrogen-bond donors (Lipinski definition) is 1. The lowest BCUT2D eigenvalue weighted by atomic mass is 10.2. The molecule has 1 fully saturated rings. The fourth-order valence-electron chi connectivity index (χ4n) is 2.92. The largest absolute Gasteiger partial charge is 0.495 e. The molecule has 0 aromatic heterocycles. The standard InChI is InChI=1S/C21H22ClN3O4S/c1-12-7-5-6-8-14(12)24-21-25(2)20(27)18(30-21)11-19(26)23-15-10-16(28-3)13(22)9-17(15)29-4/h5-10,18H,11H2,1-4H3,(H,23,26). The molecule has 2 aromatic carbocycles. The Bertz CT molecular complexity index is 1010. The topological polar surface area (TPSA) is 80.2 Å². The number of hydrogen-bond acceptors (Lipinski definition) is 6. The van der Waals surface area contributed by atoms with Gasteiger partial charge in [-0.2, -0.15) is 0 Å². The van der Waals surface area contributed by atoms with E-state index in [0.717, 1.165) is 11.3 Å². The summed E-state index contributed by atoms with van der Waals surface area (Å²) in [7, 11) is 4.63. The molecule has 30 heavy (non-hydrogen) atoms. The number of methoxy groups -OCH3 is 2. The SMILES string of the molecule is COc1cc(NC(=O)CC2SC(=Nc3ccccc3C)N(C)C2=O)c(OC)cc1Cl. The van der Waals surface area contributed by atoms with E-state index in [4.69, 9.17) is 21.1 Å². The molecular formula is C21H22ClN3O4S. The van der Waals surface area contributed by atoms with E-state index in [0.29, 0.717) is 27.4 Å². The maximum absolute atomic E-state index is 12.6. The van der Waals surface area contributed by atoms with Gasteiger partial charge in [-0.25, -0.2) is 4.99 Å². The van der Waals surface area contributed by atoms with Gasteiger partial charge in [0.1, 0.15) is 16.7 Å². The first-order valence-corrected chi connectivity index (χ1v) is 10.4. The van der Waals surface area contributed by atoms with Crippen molar-refractivity contribution in [2.24, 2.45) is 4.99 Å². The van der Waals surface area contributed by atoms with Gasteiger partial charge < -0.3 is 14.8 Å². The maximum Gasteiger partial charge on any atom is 0.242 e. The Morgan fingerprint density at radius 2 is 1.93 bits per heavy atom. The molecule has 9 heteroatoms. The van der Waals surface area contributed by atoms with E-state index in [1.807, 2.05) is 31.2 Å². The zero-order valence-corrected chi connectivity index (χ0v) is 18.6. The molecule has 1 saturated heterocycles. The normalized spacial score (nSPS) is 17.4. The van der Waals surface area contributed by atoms with Gasteiger partial charge in [0.05, 0.1) is 30.6 Å². The number of amidine groups is 1. The van der Waals surface area contributed by atoms with Crippen molar-refractivity contribution >= 4 is 51.7 Å². The van der Waals surface area contributed by atoms with Crippen LogP contribution in [0.4, 0.5) is 11.4 Å². The molecule has 1 aliphatic rings. The van der Waals surface area contributed by atoms with Crippen LogP contribution >= 0.6 is 23.4 Å². The number of aliphatic imine (C=N–C) groups is 1. The van der Waals surface area contributed by atoms with Crippen LogP contribution < -0.4 is 14.8 Å². The monoisotopic (exact) mass is 447 g/mol. The van der Waals surface area contributed by atoms with Crippen molar-refractivity contribution < 1.29 is 19.1 Å². The van der Waals surface area contributed by atoms with Crippen LogP contribution in [0.3, 0.4) is 0 Å². The van der Waals surface area contributed by atoms with Gasteiger partial charge in [-0.3, -0.25) is 14.5 Å². The molecule has 158 valence electrons. The molecular weight excluding hydrogens is 426 g/mol. The minimum absolute atomic E-state index is 0.00523. The first-order chi connectivity index (χ1) is 14.3. The molecule has 0 spiro atoms. The summed E-state index contributed by atoms with van der Waals surface area (Å²) in [6, 6.07) is 10.8. The molecule has 1 aliphatic heterocycles.